The molecule has 1 fully saturated rings. The van der Waals surface area contributed by atoms with Gasteiger partial charge in [-0.1, -0.05) is 23.7 Å². The maximum absolute atomic E-state index is 15.1. The molecule has 2 aromatic carbocycles. The van der Waals surface area contributed by atoms with Gasteiger partial charge < -0.3 is 15.6 Å². The number of halogens is 2. The van der Waals surface area contributed by atoms with Gasteiger partial charge >= 0.3 is 5.69 Å². The molecule has 3 atom stereocenters. The van der Waals surface area contributed by atoms with Crippen LogP contribution in [0.4, 0.5) is 4.39 Å². The number of aromatic nitrogens is 3. The van der Waals surface area contributed by atoms with Crippen LogP contribution in [0.3, 0.4) is 0 Å². The van der Waals surface area contributed by atoms with Gasteiger partial charge in [-0.25, -0.2) is 9.18 Å². The molecule has 6 rings (SSSR count). The van der Waals surface area contributed by atoms with Crippen LogP contribution in [0.15, 0.2) is 58.4 Å². The summed E-state index contributed by atoms with van der Waals surface area (Å²) in [6.07, 6.45) is 8.89. The molecule has 0 saturated carbocycles. The minimum Gasteiger partial charge on any atom is -0.351 e. The third-order valence-electron chi connectivity index (χ3n) is 8.49. The number of rotatable bonds is 7. The van der Waals surface area contributed by atoms with Gasteiger partial charge in [0.1, 0.15) is 5.65 Å². The number of hydrogen-bond donors (Lipinski definition) is 2. The Bertz CT molecular complexity index is 1660. The molecule has 0 aliphatic carbocycles. The predicted molar refractivity (Wildman–Crippen MR) is 163 cm³/mol. The van der Waals surface area contributed by atoms with Crippen LogP contribution < -0.4 is 11.4 Å². The highest BCUT2D eigenvalue weighted by Gasteiger charge is 2.33. The van der Waals surface area contributed by atoms with Crippen molar-refractivity contribution in [2.45, 2.75) is 76.9 Å². The zero-order valence-electron chi connectivity index (χ0n) is 23.5. The Morgan fingerprint density at radius 2 is 1.98 bits per heavy atom. The molecule has 0 bridgehead atoms. The Labute approximate surface area is 244 Å². The minimum absolute atomic E-state index is 0.0693. The van der Waals surface area contributed by atoms with Crippen LogP contribution in [0.25, 0.3) is 28.0 Å². The average molecular weight is 575 g/mol. The van der Waals surface area contributed by atoms with E-state index in [1.807, 2.05) is 31.2 Å². The normalized spacial score (nSPS) is 19.7. The van der Waals surface area contributed by atoms with Crippen LogP contribution in [0.1, 0.15) is 69.5 Å². The van der Waals surface area contributed by atoms with E-state index in [0.29, 0.717) is 34.4 Å². The molecule has 0 spiro atoms. The monoisotopic (exact) mass is 574 g/mol. The van der Waals surface area contributed by atoms with Crippen LogP contribution in [-0.2, 0) is 6.42 Å². The lowest BCUT2D eigenvalue weighted by Crippen LogP contribution is -2.47. The van der Waals surface area contributed by atoms with Crippen molar-refractivity contribution in [3.05, 3.63) is 81.1 Å². The van der Waals surface area contributed by atoms with E-state index in [4.69, 9.17) is 22.3 Å². The maximum atomic E-state index is 15.1. The molecule has 9 heteroatoms. The molecule has 2 aromatic heterocycles. The number of piperidine rings is 1. The Hall–Kier alpha value is -3.49. The van der Waals surface area contributed by atoms with Crippen molar-refractivity contribution in [3.63, 3.8) is 0 Å². The lowest BCUT2D eigenvalue weighted by molar-refractivity contribution is 0.150. The van der Waals surface area contributed by atoms with Crippen molar-refractivity contribution < 1.29 is 4.39 Å². The summed E-state index contributed by atoms with van der Waals surface area (Å²) in [6, 6.07) is 14.4. The second-order valence-corrected chi connectivity index (χ2v) is 11.9. The summed E-state index contributed by atoms with van der Waals surface area (Å²) in [5, 5.41) is 0.775. The van der Waals surface area contributed by atoms with Crippen LogP contribution in [-0.4, -0.2) is 43.9 Å². The molecule has 0 unspecified atom stereocenters. The van der Waals surface area contributed by atoms with E-state index in [2.05, 4.69) is 33.9 Å². The third kappa shape index (κ3) is 5.55. The largest absolute Gasteiger partial charge is 0.354 e. The number of H-pyrrole nitrogens is 1. The summed E-state index contributed by atoms with van der Waals surface area (Å²) in [5.74, 6) is 0.622. The summed E-state index contributed by atoms with van der Waals surface area (Å²) in [5.41, 5.74) is 9.67. The van der Waals surface area contributed by atoms with Crippen molar-refractivity contribution in [2.75, 3.05) is 6.54 Å². The van der Waals surface area contributed by atoms with Gasteiger partial charge in [-0.2, -0.15) is 4.98 Å². The molecule has 4 aromatic rings. The number of aliphatic imine (C=N–C) groups is 1. The summed E-state index contributed by atoms with van der Waals surface area (Å²) in [7, 11) is 0. The zero-order valence-corrected chi connectivity index (χ0v) is 24.3. The molecule has 41 heavy (non-hydrogen) atoms. The summed E-state index contributed by atoms with van der Waals surface area (Å²) in [4.78, 5) is 27.6. The fraction of sp³-hybridized carbons (Fsp3) is 0.406. The first-order chi connectivity index (χ1) is 19.8. The number of nitrogens with zero attached hydrogens (tertiary/aromatic N) is 4. The highest BCUT2D eigenvalue weighted by molar-refractivity contribution is 6.31. The number of aryl methyl sites for hydroxylation is 1. The number of fused-ring (bicyclic) bond motifs is 2. The quantitative estimate of drug-likeness (QED) is 0.261. The summed E-state index contributed by atoms with van der Waals surface area (Å²) in [6.45, 7) is 5.00. The van der Waals surface area contributed by atoms with Crippen LogP contribution >= 0.6 is 11.6 Å². The third-order valence-corrected chi connectivity index (χ3v) is 8.76. The van der Waals surface area contributed by atoms with E-state index in [0.717, 1.165) is 55.7 Å². The fourth-order valence-corrected chi connectivity index (χ4v) is 6.67. The molecule has 2 aliphatic rings. The standard InChI is InChI=1S/C32H36ClFN6O/c1-19(35)5-3-6-21-15-26(30(34)27(33)16-21)28-17-23-18-39(32(41)38-31(23)37-28)24-11-9-22(10-12-24)29-8-4-7-25-13-14-36-20(2)40(25)29/h9-12,15-19,25,29H,3-8,13-14,35H2,1-2H3,(H,37,38,41)/t19-,25+,29+/m0/s1. The van der Waals surface area contributed by atoms with Gasteiger partial charge in [-0.3, -0.25) is 9.56 Å². The fourth-order valence-electron chi connectivity index (χ4n) is 6.43. The number of aromatic amines is 1. The molecule has 2 aliphatic heterocycles. The Balaban J connectivity index is 1.29. The number of amidine groups is 1. The molecule has 214 valence electrons. The molecule has 0 amide bonds. The first-order valence-electron chi connectivity index (χ1n) is 14.5. The molecule has 1 saturated heterocycles. The van der Waals surface area contributed by atoms with Crippen molar-refractivity contribution in [1.29, 1.82) is 0 Å². The molecular formula is C32H36ClFN6O. The topological polar surface area (TPSA) is 92.3 Å². The van der Waals surface area contributed by atoms with Crippen molar-refractivity contribution in [2.24, 2.45) is 10.7 Å². The van der Waals surface area contributed by atoms with E-state index in [1.54, 1.807) is 12.3 Å². The number of hydrogen-bond acceptors (Lipinski definition) is 5. The van der Waals surface area contributed by atoms with Crippen LogP contribution in [0.5, 0.6) is 0 Å². The minimum atomic E-state index is -0.501. The Kier molecular flexibility index (Phi) is 7.70. The Morgan fingerprint density at radius 3 is 2.76 bits per heavy atom. The predicted octanol–water partition coefficient (Wildman–Crippen LogP) is 6.56. The second kappa shape index (κ2) is 11.4. The van der Waals surface area contributed by atoms with Crippen molar-refractivity contribution in [1.82, 2.24) is 19.4 Å². The molecule has 4 heterocycles. The Morgan fingerprint density at radius 1 is 1.17 bits per heavy atom. The van der Waals surface area contributed by atoms with Gasteiger partial charge in [0.25, 0.3) is 0 Å². The first kappa shape index (κ1) is 27.7. The first-order valence-corrected chi connectivity index (χ1v) is 14.9. The lowest BCUT2D eigenvalue weighted by Gasteiger charge is -2.46. The van der Waals surface area contributed by atoms with E-state index < -0.39 is 11.5 Å². The summed E-state index contributed by atoms with van der Waals surface area (Å²) < 4.78 is 16.7. The van der Waals surface area contributed by atoms with Gasteiger partial charge in [0.2, 0.25) is 0 Å². The molecule has 7 nitrogen and oxygen atoms in total. The molecule has 3 N–H and O–H groups in total. The molecular weight excluding hydrogens is 539 g/mol. The zero-order chi connectivity index (χ0) is 28.7. The van der Waals surface area contributed by atoms with Gasteiger partial charge in [-0.15, -0.1) is 0 Å². The van der Waals surface area contributed by atoms with E-state index in [-0.39, 0.29) is 11.1 Å². The van der Waals surface area contributed by atoms with Gasteiger partial charge in [0.15, 0.2) is 5.82 Å². The number of benzene rings is 2. The van der Waals surface area contributed by atoms with E-state index in [9.17, 15) is 4.79 Å². The van der Waals surface area contributed by atoms with E-state index >= 15 is 4.39 Å². The summed E-state index contributed by atoms with van der Waals surface area (Å²) >= 11 is 6.26. The van der Waals surface area contributed by atoms with E-state index in [1.165, 1.54) is 23.0 Å². The van der Waals surface area contributed by atoms with Gasteiger partial charge in [0.05, 0.1) is 28.3 Å². The van der Waals surface area contributed by atoms with Crippen LogP contribution in [0, 0.1) is 5.82 Å². The van der Waals surface area contributed by atoms with Gasteiger partial charge in [-0.05, 0) is 100 Å². The van der Waals surface area contributed by atoms with Crippen molar-refractivity contribution >= 4 is 28.5 Å². The second-order valence-electron chi connectivity index (χ2n) is 11.5. The number of nitrogens with two attached hydrogens (primary N) is 1. The van der Waals surface area contributed by atoms with Crippen LogP contribution in [0.2, 0.25) is 5.02 Å². The number of nitrogens with one attached hydrogen (secondary N) is 1. The van der Waals surface area contributed by atoms with Gasteiger partial charge in [0, 0.05) is 35.8 Å². The SMILES string of the molecule is CC1=NCC[C@H]2CCC[C@H](c3ccc(-n4cc5cc(-c6cc(CCC[C@H](C)N)cc(Cl)c6F)[nH]c5nc4=O)cc3)N12. The maximum Gasteiger partial charge on any atom is 0.354 e. The lowest BCUT2D eigenvalue weighted by atomic mass is 9.88. The highest BCUT2D eigenvalue weighted by atomic mass is 35.5. The smallest absolute Gasteiger partial charge is 0.351 e. The highest BCUT2D eigenvalue weighted by Crippen LogP contribution is 2.38. The molecule has 0 radical (unpaired) electrons. The van der Waals surface area contributed by atoms with Crippen molar-refractivity contribution in [3.8, 4) is 16.9 Å². The average Bonchev–Trinajstić information content (AvgIpc) is 3.36.